The van der Waals surface area contributed by atoms with Crippen LogP contribution in [0.15, 0.2) is 29.2 Å². The number of piperidine rings is 1. The fourth-order valence-electron chi connectivity index (χ4n) is 2.38. The highest BCUT2D eigenvalue weighted by molar-refractivity contribution is 7.89. The van der Waals surface area contributed by atoms with Crippen molar-refractivity contribution in [1.29, 1.82) is 0 Å². The second-order valence-corrected chi connectivity index (χ2v) is 6.65. The molecule has 1 heterocycles. The molecule has 0 bridgehead atoms. The summed E-state index contributed by atoms with van der Waals surface area (Å²) in [7, 11) is -3.39. The maximum atomic E-state index is 12.3. The minimum absolute atomic E-state index is 0.0332. The molecule has 100 valence electrons. The molecule has 18 heavy (non-hydrogen) atoms. The number of sulfonamides is 1. The van der Waals surface area contributed by atoms with Crippen LogP contribution in [0.25, 0.3) is 0 Å². The van der Waals surface area contributed by atoms with Crippen LogP contribution in [0.1, 0.15) is 25.3 Å². The molecule has 1 fully saturated rings. The maximum absolute atomic E-state index is 12.3. The van der Waals surface area contributed by atoms with E-state index in [1.54, 1.807) is 12.1 Å². The van der Waals surface area contributed by atoms with Crippen molar-refractivity contribution in [3.05, 3.63) is 29.8 Å². The van der Waals surface area contributed by atoms with Crippen LogP contribution in [0.5, 0.6) is 0 Å². The number of aryl methyl sites for hydroxylation is 1. The van der Waals surface area contributed by atoms with Crippen LogP contribution < -0.4 is 10.0 Å². The zero-order valence-electron chi connectivity index (χ0n) is 10.8. The van der Waals surface area contributed by atoms with Gasteiger partial charge >= 0.3 is 0 Å². The summed E-state index contributed by atoms with van der Waals surface area (Å²) in [4.78, 5) is 0.385. The first-order chi connectivity index (χ1) is 8.49. The zero-order valence-corrected chi connectivity index (χ0v) is 11.6. The van der Waals surface area contributed by atoms with Crippen LogP contribution in [0.4, 0.5) is 0 Å². The lowest BCUT2D eigenvalue weighted by Crippen LogP contribution is -2.46. The summed E-state index contributed by atoms with van der Waals surface area (Å²) >= 11 is 0. The standard InChI is InChI=1S/C13H20N2O2S/c1-10-5-3-4-6-13(10)18(16,17)15-12-7-8-14-11(2)9-12/h3-6,11-12,14-15H,7-9H2,1-2H3. The molecule has 4 nitrogen and oxygen atoms in total. The van der Waals surface area contributed by atoms with Crippen molar-refractivity contribution in [2.24, 2.45) is 0 Å². The molecule has 0 aromatic heterocycles. The van der Waals surface area contributed by atoms with E-state index < -0.39 is 10.0 Å². The van der Waals surface area contributed by atoms with Crippen molar-refractivity contribution in [3.8, 4) is 0 Å². The highest BCUT2D eigenvalue weighted by Gasteiger charge is 2.24. The number of nitrogens with one attached hydrogen (secondary N) is 2. The first kappa shape index (κ1) is 13.5. The quantitative estimate of drug-likeness (QED) is 0.871. The molecule has 2 N–H and O–H groups in total. The molecule has 0 aliphatic carbocycles. The Labute approximate surface area is 109 Å². The monoisotopic (exact) mass is 268 g/mol. The SMILES string of the molecule is Cc1ccccc1S(=O)(=O)NC1CCNC(C)C1. The molecular weight excluding hydrogens is 248 g/mol. The lowest BCUT2D eigenvalue weighted by atomic mass is 10.0. The van der Waals surface area contributed by atoms with Crippen LogP contribution in [0.3, 0.4) is 0 Å². The van der Waals surface area contributed by atoms with Crippen molar-refractivity contribution in [2.75, 3.05) is 6.54 Å². The van der Waals surface area contributed by atoms with Gasteiger partial charge in [-0.1, -0.05) is 18.2 Å². The van der Waals surface area contributed by atoms with Gasteiger partial charge in [-0.25, -0.2) is 13.1 Å². The molecule has 0 spiro atoms. The Morgan fingerprint density at radius 2 is 2.06 bits per heavy atom. The van der Waals surface area contributed by atoms with Gasteiger partial charge in [0.1, 0.15) is 0 Å². The molecule has 5 heteroatoms. The first-order valence-corrected chi connectivity index (χ1v) is 7.79. The molecule has 0 saturated carbocycles. The summed E-state index contributed by atoms with van der Waals surface area (Å²) in [6, 6.07) is 7.48. The zero-order chi connectivity index (χ0) is 13.2. The Bertz CT molecular complexity index is 513. The minimum Gasteiger partial charge on any atom is -0.314 e. The van der Waals surface area contributed by atoms with Crippen molar-refractivity contribution in [1.82, 2.24) is 10.0 Å². The highest BCUT2D eigenvalue weighted by atomic mass is 32.2. The topological polar surface area (TPSA) is 58.2 Å². The summed E-state index contributed by atoms with van der Waals surface area (Å²) in [5, 5.41) is 3.31. The number of rotatable bonds is 3. The number of hydrogen-bond donors (Lipinski definition) is 2. The van der Waals surface area contributed by atoms with E-state index in [4.69, 9.17) is 0 Å². The second-order valence-electron chi connectivity index (χ2n) is 4.96. The normalized spacial score (nSPS) is 25.0. The fraction of sp³-hybridized carbons (Fsp3) is 0.538. The fourth-order valence-corrected chi connectivity index (χ4v) is 3.91. The molecule has 0 amide bonds. The van der Waals surface area contributed by atoms with Gasteiger partial charge in [0.15, 0.2) is 0 Å². The van der Waals surface area contributed by atoms with E-state index in [0.29, 0.717) is 10.9 Å². The molecule has 1 aliphatic rings. The molecule has 2 rings (SSSR count). The van der Waals surface area contributed by atoms with E-state index in [1.807, 2.05) is 19.1 Å². The van der Waals surface area contributed by atoms with Gasteiger partial charge < -0.3 is 5.32 Å². The van der Waals surface area contributed by atoms with Gasteiger partial charge in [-0.3, -0.25) is 0 Å². The molecule has 1 saturated heterocycles. The highest BCUT2D eigenvalue weighted by Crippen LogP contribution is 2.17. The maximum Gasteiger partial charge on any atom is 0.241 e. The minimum atomic E-state index is -3.39. The predicted octanol–water partition coefficient (Wildman–Crippen LogP) is 1.41. The molecule has 1 aromatic rings. The lowest BCUT2D eigenvalue weighted by molar-refractivity contribution is 0.361. The molecule has 1 aromatic carbocycles. The predicted molar refractivity (Wildman–Crippen MR) is 72.0 cm³/mol. The Morgan fingerprint density at radius 3 is 2.72 bits per heavy atom. The third-order valence-electron chi connectivity index (χ3n) is 3.33. The summed E-state index contributed by atoms with van der Waals surface area (Å²) < 4.78 is 27.4. The molecule has 0 radical (unpaired) electrons. The van der Waals surface area contributed by atoms with Crippen molar-refractivity contribution < 1.29 is 8.42 Å². The Hall–Kier alpha value is -0.910. The van der Waals surface area contributed by atoms with Crippen LogP contribution in [0, 0.1) is 6.92 Å². The van der Waals surface area contributed by atoms with E-state index in [0.717, 1.165) is 24.9 Å². The summed E-state index contributed by atoms with van der Waals surface area (Å²) in [5.74, 6) is 0. The largest absolute Gasteiger partial charge is 0.314 e. The van der Waals surface area contributed by atoms with Crippen molar-refractivity contribution in [2.45, 2.75) is 43.7 Å². The average molecular weight is 268 g/mol. The van der Waals surface area contributed by atoms with E-state index in [2.05, 4.69) is 17.0 Å². The van der Waals surface area contributed by atoms with Crippen LogP contribution in [-0.2, 0) is 10.0 Å². The molecule has 1 aliphatic heterocycles. The van der Waals surface area contributed by atoms with Gasteiger partial charge in [-0.2, -0.15) is 0 Å². The van der Waals surface area contributed by atoms with Gasteiger partial charge in [0.05, 0.1) is 4.90 Å². The number of hydrogen-bond acceptors (Lipinski definition) is 3. The molecule has 2 unspecified atom stereocenters. The Kier molecular flexibility index (Phi) is 4.04. The van der Waals surface area contributed by atoms with E-state index >= 15 is 0 Å². The van der Waals surface area contributed by atoms with E-state index in [1.165, 1.54) is 0 Å². The molecular formula is C13H20N2O2S. The van der Waals surface area contributed by atoms with Gasteiger partial charge in [0.25, 0.3) is 0 Å². The van der Waals surface area contributed by atoms with E-state index in [-0.39, 0.29) is 6.04 Å². The summed E-state index contributed by atoms with van der Waals surface area (Å²) in [5.41, 5.74) is 0.784. The average Bonchev–Trinajstić information content (AvgIpc) is 2.28. The van der Waals surface area contributed by atoms with Crippen LogP contribution in [0.2, 0.25) is 0 Å². The van der Waals surface area contributed by atoms with Crippen molar-refractivity contribution >= 4 is 10.0 Å². The van der Waals surface area contributed by atoms with Crippen LogP contribution in [-0.4, -0.2) is 27.0 Å². The van der Waals surface area contributed by atoms with Crippen molar-refractivity contribution in [3.63, 3.8) is 0 Å². The lowest BCUT2D eigenvalue weighted by Gasteiger charge is -2.28. The van der Waals surface area contributed by atoms with Gasteiger partial charge in [0.2, 0.25) is 10.0 Å². The summed E-state index contributed by atoms with van der Waals surface area (Å²) in [6.45, 7) is 4.76. The number of benzene rings is 1. The first-order valence-electron chi connectivity index (χ1n) is 6.30. The van der Waals surface area contributed by atoms with Gasteiger partial charge in [-0.15, -0.1) is 0 Å². The van der Waals surface area contributed by atoms with Crippen LogP contribution >= 0.6 is 0 Å². The third-order valence-corrected chi connectivity index (χ3v) is 5.01. The Morgan fingerprint density at radius 1 is 1.33 bits per heavy atom. The molecule has 2 atom stereocenters. The smallest absolute Gasteiger partial charge is 0.241 e. The van der Waals surface area contributed by atoms with Gasteiger partial charge in [0, 0.05) is 12.1 Å². The van der Waals surface area contributed by atoms with E-state index in [9.17, 15) is 8.42 Å². The Balaban J connectivity index is 2.15. The third kappa shape index (κ3) is 3.10. The summed E-state index contributed by atoms with van der Waals surface area (Å²) in [6.07, 6.45) is 1.68. The second kappa shape index (κ2) is 5.38. The van der Waals surface area contributed by atoms with Gasteiger partial charge in [-0.05, 0) is 44.9 Å².